The molecule has 17 heavy (non-hydrogen) atoms. The average Bonchev–Trinajstić information content (AvgIpc) is 2.25. The van der Waals surface area contributed by atoms with Crippen molar-refractivity contribution in [3.05, 3.63) is 34.3 Å². The van der Waals surface area contributed by atoms with Gasteiger partial charge in [-0.15, -0.1) is 0 Å². The lowest BCUT2D eigenvalue weighted by Gasteiger charge is -2.14. The van der Waals surface area contributed by atoms with E-state index in [9.17, 15) is 13.2 Å². The van der Waals surface area contributed by atoms with Crippen molar-refractivity contribution in [2.75, 3.05) is 13.4 Å². The molecule has 1 atom stereocenters. The van der Waals surface area contributed by atoms with Gasteiger partial charge in [0.1, 0.15) is 0 Å². The lowest BCUT2D eigenvalue weighted by atomic mass is 10.1. The van der Waals surface area contributed by atoms with Crippen LogP contribution in [-0.2, 0) is 23.8 Å². The van der Waals surface area contributed by atoms with E-state index in [1.807, 2.05) is 0 Å². The first kappa shape index (κ1) is 14.1. The minimum absolute atomic E-state index is 0.408. The predicted molar refractivity (Wildman–Crippen MR) is 64.8 cm³/mol. The minimum Gasteiger partial charge on any atom is -0.467 e. The molecule has 0 saturated heterocycles. The van der Waals surface area contributed by atoms with Crippen LogP contribution in [0.5, 0.6) is 0 Å². The van der Waals surface area contributed by atoms with Gasteiger partial charge in [-0.2, -0.15) is 8.42 Å². The van der Waals surface area contributed by atoms with E-state index in [2.05, 4.69) is 20.7 Å². The number of ether oxygens (including phenoxy) is 1. The Kier molecular flexibility index (Phi) is 4.67. The molecule has 0 fully saturated rings. The van der Waals surface area contributed by atoms with E-state index in [1.54, 1.807) is 24.3 Å². The van der Waals surface area contributed by atoms with E-state index in [0.29, 0.717) is 5.56 Å². The summed E-state index contributed by atoms with van der Waals surface area (Å²) in [6.45, 7) is 0. The Morgan fingerprint density at radius 3 is 2.24 bits per heavy atom. The van der Waals surface area contributed by atoms with Gasteiger partial charge in [0.15, 0.2) is 6.10 Å². The van der Waals surface area contributed by atoms with E-state index >= 15 is 0 Å². The summed E-state index contributed by atoms with van der Waals surface area (Å²) in [6, 6.07) is 6.52. The van der Waals surface area contributed by atoms with Crippen molar-refractivity contribution in [2.24, 2.45) is 0 Å². The molecule has 0 bridgehead atoms. The summed E-state index contributed by atoms with van der Waals surface area (Å²) >= 11 is 3.23. The molecular weight excluding hydrogens is 312 g/mol. The van der Waals surface area contributed by atoms with Gasteiger partial charge in [-0.05, 0) is 17.7 Å². The summed E-state index contributed by atoms with van der Waals surface area (Å²) in [7, 11) is -2.58. The second-order valence-corrected chi connectivity index (χ2v) is 5.77. The second kappa shape index (κ2) is 5.61. The van der Waals surface area contributed by atoms with Gasteiger partial charge in [-0.3, -0.25) is 4.18 Å². The van der Waals surface area contributed by atoms with Crippen LogP contribution in [0.15, 0.2) is 28.7 Å². The third-order valence-corrected chi connectivity index (χ3v) is 2.93. The molecule has 1 unspecified atom stereocenters. The van der Waals surface area contributed by atoms with Crippen LogP contribution in [0.3, 0.4) is 0 Å². The molecule has 1 rings (SSSR count). The number of rotatable bonds is 4. The van der Waals surface area contributed by atoms with Crippen molar-refractivity contribution >= 4 is 32.0 Å². The van der Waals surface area contributed by atoms with Gasteiger partial charge in [-0.1, -0.05) is 28.1 Å². The molecule has 0 aromatic heterocycles. The lowest BCUT2D eigenvalue weighted by molar-refractivity contribution is -0.149. The van der Waals surface area contributed by atoms with Gasteiger partial charge in [0, 0.05) is 4.47 Å². The van der Waals surface area contributed by atoms with Gasteiger partial charge in [0.2, 0.25) is 0 Å². The molecular formula is C10H11BrO5S. The summed E-state index contributed by atoms with van der Waals surface area (Å²) in [5, 5.41) is 0. The zero-order chi connectivity index (χ0) is 13.1. The van der Waals surface area contributed by atoms with Crippen LogP contribution in [0.25, 0.3) is 0 Å². The highest BCUT2D eigenvalue weighted by Gasteiger charge is 2.26. The molecule has 0 radical (unpaired) electrons. The van der Waals surface area contributed by atoms with Crippen LogP contribution >= 0.6 is 15.9 Å². The fourth-order valence-electron chi connectivity index (χ4n) is 1.15. The quantitative estimate of drug-likeness (QED) is 0.622. The van der Waals surface area contributed by atoms with Crippen molar-refractivity contribution in [3.63, 3.8) is 0 Å². The van der Waals surface area contributed by atoms with Crippen LogP contribution in [0.4, 0.5) is 0 Å². The highest BCUT2D eigenvalue weighted by molar-refractivity contribution is 9.10. The average molecular weight is 323 g/mol. The number of hydrogen-bond donors (Lipinski definition) is 0. The van der Waals surface area contributed by atoms with E-state index in [1.165, 1.54) is 7.11 Å². The molecule has 7 heteroatoms. The molecule has 1 aromatic rings. The number of carbonyl (C=O) groups is 1. The first-order valence-corrected chi connectivity index (χ1v) is 7.16. The summed E-state index contributed by atoms with van der Waals surface area (Å²) in [6.07, 6.45) is -0.398. The van der Waals surface area contributed by atoms with Gasteiger partial charge < -0.3 is 4.74 Å². The molecule has 0 aliphatic rings. The number of esters is 1. The normalized spacial score (nSPS) is 13.1. The van der Waals surface area contributed by atoms with Gasteiger partial charge in [0.25, 0.3) is 10.1 Å². The number of benzene rings is 1. The summed E-state index contributed by atoms with van der Waals surface area (Å²) < 4.78 is 32.1. The fraction of sp³-hybridized carbons (Fsp3) is 0.300. The molecule has 0 aliphatic carbocycles. The molecule has 94 valence electrons. The van der Waals surface area contributed by atoms with E-state index in [-0.39, 0.29) is 0 Å². The molecule has 0 saturated carbocycles. The van der Waals surface area contributed by atoms with Crippen LogP contribution < -0.4 is 0 Å². The molecule has 0 N–H and O–H groups in total. The van der Waals surface area contributed by atoms with Crippen molar-refractivity contribution in [1.29, 1.82) is 0 Å². The number of hydrogen-bond acceptors (Lipinski definition) is 5. The molecule has 0 aliphatic heterocycles. The summed E-state index contributed by atoms with van der Waals surface area (Å²) in [4.78, 5) is 11.5. The number of methoxy groups -OCH3 is 1. The Balaban J connectivity index is 3.06. The Morgan fingerprint density at radius 2 is 1.82 bits per heavy atom. The van der Waals surface area contributed by atoms with Crippen LogP contribution in [-0.4, -0.2) is 27.8 Å². The number of carbonyl (C=O) groups excluding carboxylic acids is 1. The molecule has 0 heterocycles. The maximum atomic E-state index is 11.5. The third-order valence-electron chi connectivity index (χ3n) is 1.86. The Morgan fingerprint density at radius 1 is 1.29 bits per heavy atom. The predicted octanol–water partition coefficient (Wildman–Crippen LogP) is 1.64. The van der Waals surface area contributed by atoms with Gasteiger partial charge in [0.05, 0.1) is 13.4 Å². The number of halogens is 1. The Bertz CT molecular complexity index is 494. The van der Waals surface area contributed by atoms with Gasteiger partial charge in [-0.25, -0.2) is 4.79 Å². The first-order valence-electron chi connectivity index (χ1n) is 4.55. The molecule has 0 spiro atoms. The van der Waals surface area contributed by atoms with Crippen molar-refractivity contribution in [3.8, 4) is 0 Å². The van der Waals surface area contributed by atoms with Crippen LogP contribution in [0.2, 0.25) is 0 Å². The zero-order valence-corrected chi connectivity index (χ0v) is 11.6. The minimum atomic E-state index is -3.75. The standard InChI is InChI=1S/C10H11BrO5S/c1-15-10(12)9(16-17(2,13)14)7-3-5-8(11)6-4-7/h3-6,9H,1-2H3. The molecule has 0 amide bonds. The molecule has 1 aromatic carbocycles. The fourth-order valence-corrected chi connectivity index (χ4v) is 1.95. The van der Waals surface area contributed by atoms with E-state index in [4.69, 9.17) is 4.18 Å². The van der Waals surface area contributed by atoms with Crippen molar-refractivity contribution < 1.29 is 22.1 Å². The second-order valence-electron chi connectivity index (χ2n) is 3.26. The molecule has 5 nitrogen and oxygen atoms in total. The lowest BCUT2D eigenvalue weighted by Crippen LogP contribution is -2.20. The summed E-state index contributed by atoms with van der Waals surface area (Å²) in [5.74, 6) is -0.766. The van der Waals surface area contributed by atoms with Crippen LogP contribution in [0, 0.1) is 0 Å². The van der Waals surface area contributed by atoms with Crippen molar-refractivity contribution in [2.45, 2.75) is 6.10 Å². The highest BCUT2D eigenvalue weighted by atomic mass is 79.9. The Labute approximate surface area is 108 Å². The highest BCUT2D eigenvalue weighted by Crippen LogP contribution is 2.22. The van der Waals surface area contributed by atoms with E-state index < -0.39 is 22.2 Å². The monoisotopic (exact) mass is 322 g/mol. The zero-order valence-electron chi connectivity index (χ0n) is 9.21. The van der Waals surface area contributed by atoms with Crippen molar-refractivity contribution in [1.82, 2.24) is 0 Å². The Hall–Kier alpha value is -0.920. The topological polar surface area (TPSA) is 69.7 Å². The largest absolute Gasteiger partial charge is 0.467 e. The van der Waals surface area contributed by atoms with Crippen LogP contribution in [0.1, 0.15) is 11.7 Å². The maximum absolute atomic E-state index is 11.5. The SMILES string of the molecule is COC(=O)C(OS(C)(=O)=O)c1ccc(Br)cc1. The first-order chi connectivity index (χ1) is 7.83. The maximum Gasteiger partial charge on any atom is 0.341 e. The smallest absolute Gasteiger partial charge is 0.341 e. The third kappa shape index (κ3) is 4.45. The van der Waals surface area contributed by atoms with E-state index in [0.717, 1.165) is 10.7 Å². The van der Waals surface area contributed by atoms with Gasteiger partial charge >= 0.3 is 5.97 Å². The summed E-state index contributed by atoms with van der Waals surface area (Å²) in [5.41, 5.74) is 0.408.